The van der Waals surface area contributed by atoms with Crippen molar-refractivity contribution in [2.45, 2.75) is 18.9 Å². The molecule has 6 heteroatoms. The first-order chi connectivity index (χ1) is 8.68. The van der Waals surface area contributed by atoms with E-state index in [0.29, 0.717) is 0 Å². The number of thiophene rings is 1. The summed E-state index contributed by atoms with van der Waals surface area (Å²) in [6.07, 6.45) is 1.94. The van der Waals surface area contributed by atoms with Gasteiger partial charge in [0.1, 0.15) is 13.2 Å². The fourth-order valence-corrected chi connectivity index (χ4v) is 2.89. The van der Waals surface area contributed by atoms with Crippen LogP contribution in [0.2, 0.25) is 0 Å². The molecule has 1 N–H and O–H groups in total. The standard InChI is InChI=1S/C12H15NO4S/c14-11(6-17-7-12(15)16)13-4-1-2-10(13)9-3-5-18-8-9/h3,5,8,10H,1-2,4,6-7H2,(H,15,16). The zero-order valence-electron chi connectivity index (χ0n) is 9.87. The molecule has 1 aromatic rings. The van der Waals surface area contributed by atoms with Gasteiger partial charge in [-0.05, 0) is 35.2 Å². The first kappa shape index (κ1) is 13.0. The molecule has 0 spiro atoms. The number of amides is 1. The smallest absolute Gasteiger partial charge is 0.329 e. The predicted octanol–water partition coefficient (Wildman–Crippen LogP) is 1.51. The average Bonchev–Trinajstić information content (AvgIpc) is 2.99. The second-order valence-electron chi connectivity index (χ2n) is 4.19. The summed E-state index contributed by atoms with van der Waals surface area (Å²) in [6.45, 7) is 0.130. The van der Waals surface area contributed by atoms with Crippen molar-refractivity contribution in [3.8, 4) is 0 Å². The zero-order chi connectivity index (χ0) is 13.0. The van der Waals surface area contributed by atoms with Gasteiger partial charge in [0.2, 0.25) is 5.91 Å². The van der Waals surface area contributed by atoms with E-state index in [-0.39, 0.29) is 18.6 Å². The van der Waals surface area contributed by atoms with E-state index in [0.717, 1.165) is 24.9 Å². The van der Waals surface area contributed by atoms with Crippen molar-refractivity contribution >= 4 is 23.2 Å². The maximum atomic E-state index is 11.9. The van der Waals surface area contributed by atoms with Crippen LogP contribution in [-0.4, -0.2) is 41.6 Å². The summed E-state index contributed by atoms with van der Waals surface area (Å²) >= 11 is 1.62. The second kappa shape index (κ2) is 5.97. The number of rotatable bonds is 5. The van der Waals surface area contributed by atoms with Gasteiger partial charge in [-0.2, -0.15) is 11.3 Å². The summed E-state index contributed by atoms with van der Waals surface area (Å²) < 4.78 is 4.85. The van der Waals surface area contributed by atoms with Crippen LogP contribution >= 0.6 is 11.3 Å². The summed E-state index contributed by atoms with van der Waals surface area (Å²) in [5.74, 6) is -1.19. The topological polar surface area (TPSA) is 66.8 Å². The summed E-state index contributed by atoms with van der Waals surface area (Å²) in [7, 11) is 0. The minimum Gasteiger partial charge on any atom is -0.480 e. The van der Waals surface area contributed by atoms with E-state index in [2.05, 4.69) is 0 Å². The number of aliphatic carboxylic acids is 1. The molecule has 1 saturated heterocycles. The second-order valence-corrected chi connectivity index (χ2v) is 4.97. The minimum atomic E-state index is -1.06. The molecule has 1 aromatic heterocycles. The molecule has 0 bridgehead atoms. The van der Waals surface area contributed by atoms with Crippen molar-refractivity contribution in [2.75, 3.05) is 19.8 Å². The van der Waals surface area contributed by atoms with E-state index in [9.17, 15) is 9.59 Å². The Morgan fingerprint density at radius 1 is 1.50 bits per heavy atom. The van der Waals surface area contributed by atoms with Gasteiger partial charge >= 0.3 is 5.97 Å². The van der Waals surface area contributed by atoms with Gasteiger partial charge in [0.25, 0.3) is 0 Å². The van der Waals surface area contributed by atoms with Crippen LogP contribution < -0.4 is 0 Å². The highest BCUT2D eigenvalue weighted by Gasteiger charge is 2.29. The Morgan fingerprint density at radius 3 is 3.00 bits per heavy atom. The van der Waals surface area contributed by atoms with E-state index in [1.807, 2.05) is 16.8 Å². The lowest BCUT2D eigenvalue weighted by atomic mass is 10.1. The van der Waals surface area contributed by atoms with Crippen LogP contribution in [0, 0.1) is 0 Å². The van der Waals surface area contributed by atoms with Crippen LogP contribution in [0.25, 0.3) is 0 Å². The van der Waals surface area contributed by atoms with Gasteiger partial charge < -0.3 is 14.7 Å². The van der Waals surface area contributed by atoms with Crippen molar-refractivity contribution < 1.29 is 19.4 Å². The summed E-state index contributed by atoms with van der Waals surface area (Å²) in [4.78, 5) is 24.0. The maximum absolute atomic E-state index is 11.9. The van der Waals surface area contributed by atoms with E-state index in [4.69, 9.17) is 9.84 Å². The van der Waals surface area contributed by atoms with Crippen LogP contribution in [0.3, 0.4) is 0 Å². The number of carboxylic acids is 1. The molecule has 0 aliphatic carbocycles. The molecule has 0 saturated carbocycles. The quantitative estimate of drug-likeness (QED) is 0.880. The fraction of sp³-hybridized carbons (Fsp3) is 0.500. The molecule has 1 aliphatic rings. The van der Waals surface area contributed by atoms with E-state index >= 15 is 0 Å². The Bertz CT molecular complexity index is 418. The van der Waals surface area contributed by atoms with Crippen molar-refractivity contribution in [2.24, 2.45) is 0 Å². The lowest BCUT2D eigenvalue weighted by molar-refractivity contribution is -0.146. The largest absolute Gasteiger partial charge is 0.480 e. The molecule has 1 fully saturated rings. The number of carbonyl (C=O) groups is 2. The number of likely N-dealkylation sites (tertiary alicyclic amines) is 1. The van der Waals surface area contributed by atoms with Crippen LogP contribution in [0.5, 0.6) is 0 Å². The summed E-state index contributed by atoms with van der Waals surface area (Å²) in [6, 6.07) is 2.15. The Hall–Kier alpha value is -1.40. The number of carbonyl (C=O) groups excluding carboxylic acids is 1. The van der Waals surface area contributed by atoms with E-state index in [1.54, 1.807) is 16.2 Å². The highest BCUT2D eigenvalue weighted by Crippen LogP contribution is 2.32. The Balaban J connectivity index is 1.91. The lowest BCUT2D eigenvalue weighted by Gasteiger charge is -2.24. The lowest BCUT2D eigenvalue weighted by Crippen LogP contribution is -2.34. The predicted molar refractivity (Wildman–Crippen MR) is 66.5 cm³/mol. The third-order valence-electron chi connectivity index (χ3n) is 2.95. The van der Waals surface area contributed by atoms with E-state index in [1.165, 1.54) is 0 Å². The maximum Gasteiger partial charge on any atom is 0.329 e. The normalized spacial score (nSPS) is 19.1. The van der Waals surface area contributed by atoms with Gasteiger partial charge in [-0.25, -0.2) is 4.79 Å². The number of ether oxygens (including phenoxy) is 1. The van der Waals surface area contributed by atoms with Crippen LogP contribution in [0.4, 0.5) is 0 Å². The molecule has 0 aromatic carbocycles. The number of hydrogen-bond acceptors (Lipinski definition) is 4. The highest BCUT2D eigenvalue weighted by molar-refractivity contribution is 7.07. The summed E-state index contributed by atoms with van der Waals surface area (Å²) in [5.41, 5.74) is 1.16. The van der Waals surface area contributed by atoms with Gasteiger partial charge in [-0.1, -0.05) is 0 Å². The first-order valence-corrected chi connectivity index (χ1v) is 6.74. The summed E-state index contributed by atoms with van der Waals surface area (Å²) in [5, 5.41) is 12.5. The molecule has 2 heterocycles. The molecule has 0 radical (unpaired) electrons. The Kier molecular flexibility index (Phi) is 4.33. The molecule has 18 heavy (non-hydrogen) atoms. The van der Waals surface area contributed by atoms with Gasteiger partial charge in [0.05, 0.1) is 6.04 Å². The molecule has 1 aliphatic heterocycles. The number of hydrogen-bond donors (Lipinski definition) is 1. The van der Waals surface area contributed by atoms with Crippen molar-refractivity contribution in [3.05, 3.63) is 22.4 Å². The van der Waals surface area contributed by atoms with Crippen molar-refractivity contribution in [1.82, 2.24) is 4.90 Å². The molecular weight excluding hydrogens is 254 g/mol. The van der Waals surface area contributed by atoms with E-state index < -0.39 is 12.6 Å². The molecule has 1 unspecified atom stereocenters. The number of carboxylic acid groups (broad SMARTS) is 1. The Labute approximate surface area is 109 Å². The third-order valence-corrected chi connectivity index (χ3v) is 3.65. The van der Waals surface area contributed by atoms with Gasteiger partial charge in [0, 0.05) is 6.54 Å². The van der Waals surface area contributed by atoms with Crippen LogP contribution in [-0.2, 0) is 14.3 Å². The number of nitrogens with zero attached hydrogens (tertiary/aromatic N) is 1. The first-order valence-electron chi connectivity index (χ1n) is 5.79. The van der Waals surface area contributed by atoms with Gasteiger partial charge in [-0.15, -0.1) is 0 Å². The highest BCUT2D eigenvalue weighted by atomic mass is 32.1. The molecule has 1 atom stereocenters. The van der Waals surface area contributed by atoms with Gasteiger partial charge in [0.15, 0.2) is 0 Å². The van der Waals surface area contributed by atoms with Crippen LogP contribution in [0.15, 0.2) is 16.8 Å². The fourth-order valence-electron chi connectivity index (χ4n) is 2.18. The monoisotopic (exact) mass is 269 g/mol. The zero-order valence-corrected chi connectivity index (χ0v) is 10.7. The Morgan fingerprint density at radius 2 is 2.33 bits per heavy atom. The molecule has 98 valence electrons. The van der Waals surface area contributed by atoms with Crippen molar-refractivity contribution in [1.29, 1.82) is 0 Å². The molecular formula is C12H15NO4S. The molecule has 2 rings (SSSR count). The van der Waals surface area contributed by atoms with Crippen LogP contribution in [0.1, 0.15) is 24.4 Å². The minimum absolute atomic E-state index is 0.122. The van der Waals surface area contributed by atoms with Gasteiger partial charge in [-0.3, -0.25) is 4.79 Å². The third kappa shape index (κ3) is 3.08. The molecule has 1 amide bonds. The average molecular weight is 269 g/mol. The SMILES string of the molecule is O=C(O)COCC(=O)N1CCCC1c1ccsc1. The molecule has 5 nitrogen and oxygen atoms in total. The van der Waals surface area contributed by atoms with Crippen molar-refractivity contribution in [3.63, 3.8) is 0 Å².